The molecule has 0 unspecified atom stereocenters. The lowest BCUT2D eigenvalue weighted by Gasteiger charge is -2.08. The summed E-state index contributed by atoms with van der Waals surface area (Å²) in [6, 6.07) is 23.3. The molecule has 0 radical (unpaired) electrons. The molecule has 0 fully saturated rings. The third-order valence-corrected chi connectivity index (χ3v) is 6.47. The highest BCUT2D eigenvalue weighted by atomic mass is 32.2. The summed E-state index contributed by atoms with van der Waals surface area (Å²) in [5, 5.41) is 4.39. The molecule has 0 atom stereocenters. The maximum atomic E-state index is 11.5. The zero-order valence-electron chi connectivity index (χ0n) is 14.7. The number of fused-ring (bicyclic) bond motifs is 1. The van der Waals surface area contributed by atoms with Gasteiger partial charge in [-0.3, -0.25) is 0 Å². The summed E-state index contributed by atoms with van der Waals surface area (Å²) in [6.07, 6.45) is 1.22. The van der Waals surface area contributed by atoms with Crippen molar-refractivity contribution in [2.75, 3.05) is 11.6 Å². The van der Waals surface area contributed by atoms with Crippen LogP contribution in [-0.2, 0) is 16.4 Å². The van der Waals surface area contributed by atoms with Crippen molar-refractivity contribution in [3.05, 3.63) is 78.4 Å². The lowest BCUT2D eigenvalue weighted by Crippen LogP contribution is -2.01. The fraction of sp³-hybridized carbons (Fsp3) is 0.0952. The molecule has 0 spiro atoms. The van der Waals surface area contributed by atoms with Gasteiger partial charge in [0.25, 0.3) is 0 Å². The highest BCUT2D eigenvalue weighted by Gasteiger charge is 2.08. The van der Waals surface area contributed by atoms with Crippen molar-refractivity contribution < 1.29 is 8.42 Å². The number of anilines is 1. The molecule has 0 saturated heterocycles. The van der Waals surface area contributed by atoms with Crippen LogP contribution in [0.15, 0.2) is 77.7 Å². The highest BCUT2D eigenvalue weighted by Crippen LogP contribution is 2.31. The highest BCUT2D eigenvalue weighted by molar-refractivity contribution is 7.90. The van der Waals surface area contributed by atoms with Gasteiger partial charge in [0.15, 0.2) is 9.84 Å². The van der Waals surface area contributed by atoms with Crippen molar-refractivity contribution in [2.45, 2.75) is 11.4 Å². The minimum absolute atomic E-state index is 0.337. The van der Waals surface area contributed by atoms with E-state index in [9.17, 15) is 8.42 Å². The number of hydrogen-bond donors (Lipinski definition) is 1. The van der Waals surface area contributed by atoms with Gasteiger partial charge < -0.3 is 5.32 Å². The number of aromatic nitrogens is 1. The van der Waals surface area contributed by atoms with Crippen LogP contribution in [0.5, 0.6) is 0 Å². The van der Waals surface area contributed by atoms with Crippen molar-refractivity contribution in [2.24, 2.45) is 0 Å². The number of sulfone groups is 1. The fourth-order valence-corrected chi connectivity index (χ4v) is 4.41. The molecule has 3 aromatic carbocycles. The van der Waals surface area contributed by atoms with Crippen LogP contribution in [0.25, 0.3) is 20.8 Å². The minimum atomic E-state index is -3.16. The zero-order chi connectivity index (χ0) is 18.9. The summed E-state index contributed by atoms with van der Waals surface area (Å²) < 4.78 is 24.3. The van der Waals surface area contributed by atoms with E-state index < -0.39 is 9.84 Å². The molecule has 0 saturated carbocycles. The van der Waals surface area contributed by atoms with Gasteiger partial charge in [0.05, 0.1) is 15.1 Å². The molecule has 0 aliphatic carbocycles. The van der Waals surface area contributed by atoms with Crippen LogP contribution in [0, 0.1) is 0 Å². The Balaban J connectivity index is 1.51. The Morgan fingerprint density at radius 1 is 0.963 bits per heavy atom. The Kier molecular flexibility index (Phi) is 4.68. The fourth-order valence-electron chi connectivity index (χ4n) is 2.82. The van der Waals surface area contributed by atoms with Gasteiger partial charge in [0.2, 0.25) is 0 Å². The number of nitrogens with zero attached hydrogens (tertiary/aromatic N) is 1. The van der Waals surface area contributed by atoms with E-state index in [1.165, 1.54) is 11.0 Å². The second-order valence-electron chi connectivity index (χ2n) is 6.34. The molecule has 1 aromatic heterocycles. The van der Waals surface area contributed by atoms with Gasteiger partial charge in [0.1, 0.15) is 5.01 Å². The molecular formula is C21H18N2O2S2. The number of benzene rings is 3. The van der Waals surface area contributed by atoms with Crippen LogP contribution in [0.2, 0.25) is 0 Å². The lowest BCUT2D eigenvalue weighted by molar-refractivity contribution is 0.602. The number of rotatable bonds is 5. The summed E-state index contributed by atoms with van der Waals surface area (Å²) in [7, 11) is -3.16. The third kappa shape index (κ3) is 4.02. The van der Waals surface area contributed by atoms with Crippen LogP contribution >= 0.6 is 11.3 Å². The van der Waals surface area contributed by atoms with Crippen molar-refractivity contribution >= 4 is 37.1 Å². The summed E-state index contributed by atoms with van der Waals surface area (Å²) in [4.78, 5) is 5.05. The van der Waals surface area contributed by atoms with Gasteiger partial charge in [-0.25, -0.2) is 13.4 Å². The Bertz CT molecular complexity index is 1160. The molecule has 4 aromatic rings. The van der Waals surface area contributed by atoms with Gasteiger partial charge in [-0.1, -0.05) is 36.4 Å². The summed E-state index contributed by atoms with van der Waals surface area (Å²) in [5.41, 5.74) is 4.11. The predicted octanol–water partition coefficient (Wildman–Crippen LogP) is 4.98. The van der Waals surface area contributed by atoms with E-state index in [1.807, 2.05) is 42.5 Å². The van der Waals surface area contributed by atoms with E-state index in [0.717, 1.165) is 27.3 Å². The summed E-state index contributed by atoms with van der Waals surface area (Å²) in [5.74, 6) is 0. The number of nitrogens with one attached hydrogen (secondary N) is 1. The Labute approximate surface area is 162 Å². The number of para-hydroxylation sites is 1. The zero-order valence-corrected chi connectivity index (χ0v) is 16.3. The SMILES string of the molecule is CS(=O)(=O)c1ccc(CNc2cccc(-c3nc4ccccc4s3)c2)cc1. The first-order valence-corrected chi connectivity index (χ1v) is 11.2. The molecule has 1 heterocycles. The average molecular weight is 395 g/mol. The smallest absolute Gasteiger partial charge is 0.175 e. The van der Waals surface area contributed by atoms with E-state index in [4.69, 9.17) is 4.98 Å². The normalized spacial score (nSPS) is 11.6. The predicted molar refractivity (Wildman–Crippen MR) is 112 cm³/mol. The van der Waals surface area contributed by atoms with Gasteiger partial charge in [-0.15, -0.1) is 11.3 Å². The molecule has 4 nitrogen and oxygen atoms in total. The molecule has 1 N–H and O–H groups in total. The topological polar surface area (TPSA) is 59.1 Å². The number of hydrogen-bond acceptors (Lipinski definition) is 5. The van der Waals surface area contributed by atoms with Crippen LogP contribution in [-0.4, -0.2) is 19.7 Å². The quantitative estimate of drug-likeness (QED) is 0.519. The van der Waals surface area contributed by atoms with Crippen molar-refractivity contribution in [3.8, 4) is 10.6 Å². The van der Waals surface area contributed by atoms with E-state index in [2.05, 4.69) is 23.5 Å². The molecule has 0 bridgehead atoms. The Hall–Kier alpha value is -2.70. The summed E-state index contributed by atoms with van der Waals surface area (Å²) >= 11 is 1.68. The second-order valence-corrected chi connectivity index (χ2v) is 9.38. The van der Waals surface area contributed by atoms with Crippen molar-refractivity contribution in [1.29, 1.82) is 0 Å². The monoisotopic (exact) mass is 394 g/mol. The third-order valence-electron chi connectivity index (χ3n) is 4.25. The standard InChI is InChI=1S/C21H18N2O2S2/c1-27(24,25)18-11-9-15(10-12-18)14-22-17-6-4-5-16(13-17)21-23-19-7-2-3-8-20(19)26-21/h2-13,22H,14H2,1H3. The Morgan fingerprint density at radius 2 is 1.74 bits per heavy atom. The molecule has 136 valence electrons. The van der Waals surface area contributed by atoms with E-state index in [0.29, 0.717) is 11.4 Å². The van der Waals surface area contributed by atoms with Gasteiger partial charge >= 0.3 is 0 Å². The minimum Gasteiger partial charge on any atom is -0.381 e. The lowest BCUT2D eigenvalue weighted by atomic mass is 10.2. The summed E-state index contributed by atoms with van der Waals surface area (Å²) in [6.45, 7) is 0.618. The molecule has 4 rings (SSSR count). The Morgan fingerprint density at radius 3 is 2.48 bits per heavy atom. The molecule has 0 aliphatic heterocycles. The molecule has 6 heteroatoms. The van der Waals surface area contributed by atoms with E-state index in [-0.39, 0.29) is 0 Å². The van der Waals surface area contributed by atoms with E-state index >= 15 is 0 Å². The van der Waals surface area contributed by atoms with E-state index in [1.54, 1.807) is 23.5 Å². The van der Waals surface area contributed by atoms with Gasteiger partial charge in [0, 0.05) is 24.1 Å². The first kappa shape index (κ1) is 17.7. The largest absolute Gasteiger partial charge is 0.381 e. The maximum absolute atomic E-state index is 11.5. The van der Waals surface area contributed by atoms with Crippen LogP contribution < -0.4 is 5.32 Å². The molecule has 0 amide bonds. The number of thiazole rings is 1. The van der Waals surface area contributed by atoms with Crippen molar-refractivity contribution in [3.63, 3.8) is 0 Å². The van der Waals surface area contributed by atoms with Gasteiger partial charge in [-0.2, -0.15) is 0 Å². The van der Waals surface area contributed by atoms with Gasteiger partial charge in [-0.05, 0) is 42.0 Å². The van der Waals surface area contributed by atoms with Crippen LogP contribution in [0.1, 0.15) is 5.56 Å². The first-order chi connectivity index (χ1) is 13.0. The average Bonchev–Trinajstić information content (AvgIpc) is 3.11. The second kappa shape index (κ2) is 7.13. The van der Waals surface area contributed by atoms with Crippen molar-refractivity contribution in [1.82, 2.24) is 4.98 Å². The van der Waals surface area contributed by atoms with Crippen LogP contribution in [0.3, 0.4) is 0 Å². The van der Waals surface area contributed by atoms with Crippen LogP contribution in [0.4, 0.5) is 5.69 Å². The maximum Gasteiger partial charge on any atom is 0.175 e. The first-order valence-electron chi connectivity index (χ1n) is 8.48. The molecular weight excluding hydrogens is 376 g/mol. The molecule has 27 heavy (non-hydrogen) atoms. The molecule has 0 aliphatic rings.